The number of amides is 1. The van der Waals surface area contributed by atoms with Gasteiger partial charge in [0.15, 0.2) is 15.0 Å². The smallest absolute Gasteiger partial charge is 0.241 e. The second-order valence-corrected chi connectivity index (χ2v) is 9.70. The minimum Gasteiger partial charge on any atom is -0.342 e. The zero-order chi connectivity index (χ0) is 20.4. The number of hydrogen-bond donors (Lipinski definition) is 1. The highest BCUT2D eigenvalue weighted by Crippen LogP contribution is 2.27. The molecule has 9 heteroatoms. The van der Waals surface area contributed by atoms with E-state index in [1.807, 2.05) is 28.8 Å². The number of carbonyl (C=O) groups excluding carboxylic acids is 1. The molecule has 6 nitrogen and oxygen atoms in total. The van der Waals surface area contributed by atoms with E-state index in [-0.39, 0.29) is 4.90 Å². The maximum Gasteiger partial charge on any atom is 0.241 e. The van der Waals surface area contributed by atoms with Gasteiger partial charge >= 0.3 is 0 Å². The Balaban J connectivity index is 1.66. The summed E-state index contributed by atoms with van der Waals surface area (Å²) in [5.74, 6) is -1.27. The molecule has 0 unspecified atom stereocenters. The van der Waals surface area contributed by atoms with Gasteiger partial charge in [0.25, 0.3) is 0 Å². The zero-order valence-electron chi connectivity index (χ0n) is 15.1. The third kappa shape index (κ3) is 4.34. The molecule has 0 spiro atoms. The van der Waals surface area contributed by atoms with E-state index in [9.17, 15) is 13.2 Å². The van der Waals surface area contributed by atoms with Crippen LogP contribution in [0.3, 0.4) is 0 Å². The fourth-order valence-corrected chi connectivity index (χ4v) is 5.11. The van der Waals surface area contributed by atoms with Crippen molar-refractivity contribution in [1.29, 1.82) is 0 Å². The first-order valence-electron chi connectivity index (χ1n) is 8.67. The molecule has 2 aromatic carbocycles. The molecule has 2 aromatic heterocycles. The van der Waals surface area contributed by atoms with Crippen molar-refractivity contribution in [2.75, 3.05) is 11.1 Å². The molecule has 0 aliphatic rings. The van der Waals surface area contributed by atoms with Crippen LogP contribution < -0.4 is 5.32 Å². The van der Waals surface area contributed by atoms with Gasteiger partial charge in [0.1, 0.15) is 5.75 Å². The quantitative estimate of drug-likeness (QED) is 0.482. The molecule has 2 heterocycles. The number of rotatable bonds is 6. The van der Waals surface area contributed by atoms with Crippen LogP contribution >= 0.6 is 22.9 Å². The Morgan fingerprint density at radius 1 is 1.14 bits per heavy atom. The molecule has 0 saturated carbocycles. The third-order valence-electron chi connectivity index (χ3n) is 4.35. The minimum atomic E-state index is -3.84. The number of fused-ring (bicyclic) bond motifs is 1. The molecule has 0 atom stereocenters. The van der Waals surface area contributed by atoms with E-state index in [1.54, 1.807) is 42.0 Å². The Bertz CT molecular complexity index is 1260. The van der Waals surface area contributed by atoms with Crippen molar-refractivity contribution in [2.24, 2.45) is 0 Å². The molecule has 4 aromatic rings. The van der Waals surface area contributed by atoms with Crippen LogP contribution in [0.2, 0.25) is 5.02 Å². The number of sulfone groups is 1. The predicted molar refractivity (Wildman–Crippen MR) is 115 cm³/mol. The summed E-state index contributed by atoms with van der Waals surface area (Å²) >= 11 is 7.18. The van der Waals surface area contributed by atoms with Gasteiger partial charge in [0, 0.05) is 40.2 Å². The van der Waals surface area contributed by atoms with Crippen LogP contribution in [0.5, 0.6) is 0 Å². The fourth-order valence-electron chi connectivity index (χ4n) is 3.07. The number of para-hydroxylation sites is 1. The van der Waals surface area contributed by atoms with E-state index in [0.717, 1.165) is 11.1 Å². The number of benzene rings is 2. The Morgan fingerprint density at radius 3 is 2.62 bits per heavy atom. The number of nitrogens with zero attached hydrogens (tertiary/aromatic N) is 2. The van der Waals surface area contributed by atoms with Crippen molar-refractivity contribution in [1.82, 2.24) is 9.55 Å². The monoisotopic (exact) mass is 445 g/mol. The van der Waals surface area contributed by atoms with Crippen LogP contribution in [0.15, 0.2) is 71.2 Å². The molecular formula is C20H16ClN3O3S2. The molecule has 148 valence electrons. The summed E-state index contributed by atoms with van der Waals surface area (Å²) in [6.07, 6.45) is 3.13. The summed E-state index contributed by atoms with van der Waals surface area (Å²) in [6, 6.07) is 14.6. The Morgan fingerprint density at radius 2 is 1.90 bits per heavy atom. The average Bonchev–Trinajstić information content (AvgIpc) is 3.32. The van der Waals surface area contributed by atoms with Crippen molar-refractivity contribution in [3.05, 3.63) is 76.9 Å². The summed E-state index contributed by atoms with van der Waals surface area (Å²) < 4.78 is 27.8. The second-order valence-electron chi connectivity index (χ2n) is 6.41. The van der Waals surface area contributed by atoms with E-state index in [4.69, 9.17) is 11.6 Å². The van der Waals surface area contributed by atoms with Crippen LogP contribution in [-0.4, -0.2) is 29.6 Å². The van der Waals surface area contributed by atoms with Crippen LogP contribution in [-0.2, 0) is 21.2 Å². The first-order chi connectivity index (χ1) is 13.9. The van der Waals surface area contributed by atoms with Gasteiger partial charge in [-0.2, -0.15) is 0 Å². The Kier molecular flexibility index (Phi) is 5.40. The molecule has 0 fully saturated rings. The van der Waals surface area contributed by atoms with Gasteiger partial charge < -0.3 is 9.88 Å². The minimum absolute atomic E-state index is 0.136. The fraction of sp³-hybridized carbons (Fsp3) is 0.100. The number of hydrogen-bond acceptors (Lipinski definition) is 5. The second kappa shape index (κ2) is 7.98. The van der Waals surface area contributed by atoms with Crippen LogP contribution in [0.25, 0.3) is 10.9 Å². The molecule has 0 aliphatic carbocycles. The first kappa shape index (κ1) is 19.6. The van der Waals surface area contributed by atoms with Crippen LogP contribution in [0, 0.1) is 0 Å². The molecule has 0 saturated heterocycles. The molecule has 0 bridgehead atoms. The lowest BCUT2D eigenvalue weighted by atomic mass is 10.2. The highest BCUT2D eigenvalue weighted by molar-refractivity contribution is 7.92. The lowest BCUT2D eigenvalue weighted by molar-refractivity contribution is -0.113. The lowest BCUT2D eigenvalue weighted by Gasteiger charge is -2.05. The van der Waals surface area contributed by atoms with E-state index < -0.39 is 21.5 Å². The van der Waals surface area contributed by atoms with E-state index in [2.05, 4.69) is 10.3 Å². The number of aromatic nitrogens is 2. The predicted octanol–water partition coefficient (Wildman–Crippen LogP) is 4.21. The molecule has 1 amide bonds. The van der Waals surface area contributed by atoms with Gasteiger partial charge in [-0.25, -0.2) is 13.4 Å². The van der Waals surface area contributed by atoms with Gasteiger partial charge in [-0.15, -0.1) is 11.3 Å². The third-order valence-corrected chi connectivity index (χ3v) is 6.93. The standard InChI is InChI=1S/C20H16ClN3O3S2/c21-15-7-5-14(6-8-15)11-24-12-18(16-3-1-2-4-17(16)24)29(26,27)13-19(25)23-20-22-9-10-28-20/h1-10,12H,11,13H2,(H,22,23,25). The number of halogens is 1. The van der Waals surface area contributed by atoms with Crippen molar-refractivity contribution in [3.63, 3.8) is 0 Å². The maximum atomic E-state index is 13.0. The van der Waals surface area contributed by atoms with Gasteiger partial charge in [-0.1, -0.05) is 41.9 Å². The summed E-state index contributed by atoms with van der Waals surface area (Å²) in [4.78, 5) is 16.3. The van der Waals surface area contributed by atoms with Gasteiger partial charge in [0.05, 0.1) is 4.90 Å². The summed E-state index contributed by atoms with van der Waals surface area (Å²) in [7, 11) is -3.84. The highest BCUT2D eigenvalue weighted by Gasteiger charge is 2.24. The molecule has 29 heavy (non-hydrogen) atoms. The number of anilines is 1. The average molecular weight is 446 g/mol. The summed E-state index contributed by atoms with van der Waals surface area (Å²) in [6.45, 7) is 0.485. The molecule has 1 N–H and O–H groups in total. The zero-order valence-corrected chi connectivity index (χ0v) is 17.5. The summed E-state index contributed by atoms with van der Waals surface area (Å²) in [5.41, 5.74) is 1.77. The number of carbonyl (C=O) groups is 1. The SMILES string of the molecule is O=C(CS(=O)(=O)c1cn(Cc2ccc(Cl)cc2)c2ccccc12)Nc1nccs1. The first-order valence-corrected chi connectivity index (χ1v) is 11.6. The molecule has 0 radical (unpaired) electrons. The van der Waals surface area contributed by atoms with Crippen molar-refractivity contribution >= 4 is 54.7 Å². The maximum absolute atomic E-state index is 13.0. The number of thiazole rings is 1. The molecule has 0 aliphatic heterocycles. The lowest BCUT2D eigenvalue weighted by Crippen LogP contribution is -2.22. The van der Waals surface area contributed by atoms with Gasteiger partial charge in [0.2, 0.25) is 5.91 Å². The van der Waals surface area contributed by atoms with Crippen LogP contribution in [0.4, 0.5) is 5.13 Å². The summed E-state index contributed by atoms with van der Waals surface area (Å²) in [5, 5.41) is 5.82. The van der Waals surface area contributed by atoms with Crippen molar-refractivity contribution in [2.45, 2.75) is 11.4 Å². The normalized spacial score (nSPS) is 11.6. The van der Waals surface area contributed by atoms with Crippen molar-refractivity contribution < 1.29 is 13.2 Å². The molecular weight excluding hydrogens is 430 g/mol. The van der Waals surface area contributed by atoms with Gasteiger partial charge in [-0.3, -0.25) is 4.79 Å². The number of nitrogens with one attached hydrogen (secondary N) is 1. The van der Waals surface area contributed by atoms with E-state index >= 15 is 0 Å². The van der Waals surface area contributed by atoms with Gasteiger partial charge in [-0.05, 0) is 23.8 Å². The largest absolute Gasteiger partial charge is 0.342 e. The molecule has 4 rings (SSSR count). The van der Waals surface area contributed by atoms with Crippen molar-refractivity contribution in [3.8, 4) is 0 Å². The Hall–Kier alpha value is -2.68. The van der Waals surface area contributed by atoms with E-state index in [0.29, 0.717) is 22.1 Å². The van der Waals surface area contributed by atoms with Crippen LogP contribution in [0.1, 0.15) is 5.56 Å². The van der Waals surface area contributed by atoms with E-state index in [1.165, 1.54) is 11.3 Å². The Labute approximate surface area is 176 Å². The topological polar surface area (TPSA) is 81.1 Å². The highest BCUT2D eigenvalue weighted by atomic mass is 35.5.